The van der Waals surface area contributed by atoms with Gasteiger partial charge >= 0.3 is 0 Å². The van der Waals surface area contributed by atoms with Gasteiger partial charge in [-0.1, -0.05) is 18.6 Å². The number of nitrogens with zero attached hydrogens (tertiary/aromatic N) is 4. The van der Waals surface area contributed by atoms with Crippen LogP contribution in [0, 0.1) is 0 Å². The van der Waals surface area contributed by atoms with Crippen LogP contribution >= 0.6 is 0 Å². The van der Waals surface area contributed by atoms with E-state index in [1.165, 1.54) is 18.4 Å². The smallest absolute Gasteiger partial charge is 0.219 e. The minimum absolute atomic E-state index is 0.119. The molecule has 6 nitrogen and oxygen atoms in total. The van der Waals surface area contributed by atoms with Crippen molar-refractivity contribution >= 4 is 5.91 Å². The van der Waals surface area contributed by atoms with Crippen molar-refractivity contribution in [1.29, 1.82) is 0 Å². The van der Waals surface area contributed by atoms with Gasteiger partial charge in [-0.25, -0.2) is 9.97 Å². The summed E-state index contributed by atoms with van der Waals surface area (Å²) in [7, 11) is 0. The molecule has 0 radical (unpaired) electrons. The molecule has 1 aromatic heterocycles. The number of hydrogen-bond donors (Lipinski definition) is 0. The Balaban J connectivity index is 1.49. The number of carbonyl (C=O) groups is 1. The largest absolute Gasteiger partial charge is 0.494 e. The van der Waals surface area contributed by atoms with Crippen molar-refractivity contribution in [3.05, 3.63) is 53.1 Å². The third-order valence-corrected chi connectivity index (χ3v) is 5.93. The monoisotopic (exact) mass is 394 g/mol. The topological polar surface area (TPSA) is 58.6 Å². The van der Waals surface area contributed by atoms with Crippen LogP contribution in [0.2, 0.25) is 0 Å². The SMILES string of the molecule is CCOc1ccc(CN2CCCC[C@H]2c2ncc3c(n2)CCN(C(C)=O)C3)cc1. The van der Waals surface area contributed by atoms with Crippen LogP contribution in [-0.2, 0) is 24.3 Å². The summed E-state index contributed by atoms with van der Waals surface area (Å²) in [6, 6.07) is 8.66. The van der Waals surface area contributed by atoms with E-state index < -0.39 is 0 Å². The fourth-order valence-electron chi connectivity index (χ4n) is 4.33. The van der Waals surface area contributed by atoms with E-state index in [2.05, 4.69) is 17.0 Å². The fourth-order valence-corrected chi connectivity index (χ4v) is 4.33. The van der Waals surface area contributed by atoms with Crippen LogP contribution in [0.3, 0.4) is 0 Å². The standard InChI is InChI=1S/C23H30N4O2/c1-3-29-20-9-7-18(8-10-20)15-27-12-5-4-6-22(27)23-24-14-19-16-26(17(2)28)13-11-21(19)25-23/h7-10,14,22H,3-6,11-13,15-16H2,1-2H3/t22-/m0/s1. The summed E-state index contributed by atoms with van der Waals surface area (Å²) in [5.41, 5.74) is 3.48. The number of likely N-dealkylation sites (tertiary alicyclic amines) is 1. The predicted molar refractivity (Wildman–Crippen MR) is 111 cm³/mol. The Labute approximate surface area is 172 Å². The molecule has 2 aliphatic rings. The molecule has 154 valence electrons. The van der Waals surface area contributed by atoms with Crippen molar-refractivity contribution in [2.75, 3.05) is 19.7 Å². The summed E-state index contributed by atoms with van der Waals surface area (Å²) in [4.78, 5) is 25.7. The van der Waals surface area contributed by atoms with Gasteiger partial charge in [-0.05, 0) is 44.0 Å². The van der Waals surface area contributed by atoms with Crippen molar-refractivity contribution in [3.8, 4) is 5.75 Å². The molecule has 2 aromatic rings. The highest BCUT2D eigenvalue weighted by molar-refractivity contribution is 5.73. The van der Waals surface area contributed by atoms with E-state index in [0.717, 1.165) is 55.3 Å². The van der Waals surface area contributed by atoms with Gasteiger partial charge in [0.2, 0.25) is 5.91 Å². The maximum absolute atomic E-state index is 11.7. The highest BCUT2D eigenvalue weighted by Crippen LogP contribution is 2.31. The molecule has 1 atom stereocenters. The van der Waals surface area contributed by atoms with Gasteiger partial charge in [-0.2, -0.15) is 0 Å². The zero-order chi connectivity index (χ0) is 20.2. The molecular formula is C23H30N4O2. The fraction of sp³-hybridized carbons (Fsp3) is 0.522. The minimum atomic E-state index is 0.119. The molecule has 29 heavy (non-hydrogen) atoms. The summed E-state index contributed by atoms with van der Waals surface area (Å²) in [5.74, 6) is 1.98. The normalized spacial score (nSPS) is 19.7. The van der Waals surface area contributed by atoms with Crippen molar-refractivity contribution in [3.63, 3.8) is 0 Å². The lowest BCUT2D eigenvalue weighted by Crippen LogP contribution is -2.36. The summed E-state index contributed by atoms with van der Waals surface area (Å²) < 4.78 is 5.56. The molecule has 1 amide bonds. The van der Waals surface area contributed by atoms with Crippen molar-refractivity contribution in [2.45, 2.75) is 58.7 Å². The first kappa shape index (κ1) is 19.8. The van der Waals surface area contributed by atoms with E-state index in [0.29, 0.717) is 13.2 Å². The number of ether oxygens (including phenoxy) is 1. The molecule has 1 aromatic carbocycles. The van der Waals surface area contributed by atoms with Crippen LogP contribution in [0.5, 0.6) is 5.75 Å². The van der Waals surface area contributed by atoms with E-state index in [-0.39, 0.29) is 11.9 Å². The number of benzene rings is 1. The zero-order valence-corrected chi connectivity index (χ0v) is 17.4. The number of aromatic nitrogens is 2. The Bertz CT molecular complexity index is 852. The summed E-state index contributed by atoms with van der Waals surface area (Å²) in [6.07, 6.45) is 6.27. The second-order valence-corrected chi connectivity index (χ2v) is 7.95. The number of piperidine rings is 1. The van der Waals surface area contributed by atoms with Gasteiger partial charge in [-0.3, -0.25) is 9.69 Å². The summed E-state index contributed by atoms with van der Waals surface area (Å²) in [6.45, 7) is 7.66. The molecule has 1 saturated heterocycles. The molecule has 3 heterocycles. The van der Waals surface area contributed by atoms with Crippen LogP contribution in [0.4, 0.5) is 0 Å². The van der Waals surface area contributed by atoms with Gasteiger partial charge in [0.25, 0.3) is 0 Å². The Morgan fingerprint density at radius 2 is 2.03 bits per heavy atom. The Hall–Kier alpha value is -2.47. The second-order valence-electron chi connectivity index (χ2n) is 7.95. The lowest BCUT2D eigenvalue weighted by Gasteiger charge is -2.35. The Morgan fingerprint density at radius 1 is 1.21 bits per heavy atom. The average molecular weight is 395 g/mol. The second kappa shape index (κ2) is 8.91. The lowest BCUT2D eigenvalue weighted by atomic mass is 9.99. The summed E-state index contributed by atoms with van der Waals surface area (Å²) >= 11 is 0. The molecule has 4 rings (SSSR count). The van der Waals surface area contributed by atoms with Crippen molar-refractivity contribution in [2.24, 2.45) is 0 Å². The first-order chi connectivity index (χ1) is 14.1. The maximum Gasteiger partial charge on any atom is 0.219 e. The highest BCUT2D eigenvalue weighted by atomic mass is 16.5. The third-order valence-electron chi connectivity index (χ3n) is 5.93. The maximum atomic E-state index is 11.7. The van der Waals surface area contributed by atoms with Gasteiger partial charge in [0.05, 0.1) is 18.3 Å². The number of carbonyl (C=O) groups excluding carboxylic acids is 1. The molecule has 0 spiro atoms. The number of fused-ring (bicyclic) bond motifs is 1. The average Bonchev–Trinajstić information content (AvgIpc) is 2.75. The zero-order valence-electron chi connectivity index (χ0n) is 17.4. The van der Waals surface area contributed by atoms with Crippen LogP contribution < -0.4 is 4.74 Å². The van der Waals surface area contributed by atoms with Crippen LogP contribution in [-0.4, -0.2) is 45.4 Å². The highest BCUT2D eigenvalue weighted by Gasteiger charge is 2.28. The van der Waals surface area contributed by atoms with Crippen molar-refractivity contribution < 1.29 is 9.53 Å². The number of amides is 1. The van der Waals surface area contributed by atoms with E-state index in [9.17, 15) is 4.79 Å². The quantitative estimate of drug-likeness (QED) is 0.777. The lowest BCUT2D eigenvalue weighted by molar-refractivity contribution is -0.129. The molecule has 2 aliphatic heterocycles. The Kier molecular flexibility index (Phi) is 6.09. The van der Waals surface area contributed by atoms with E-state index in [1.54, 1.807) is 6.92 Å². The number of hydrogen-bond acceptors (Lipinski definition) is 5. The Morgan fingerprint density at radius 3 is 2.79 bits per heavy atom. The van der Waals surface area contributed by atoms with Crippen LogP contribution in [0.15, 0.2) is 30.5 Å². The first-order valence-corrected chi connectivity index (χ1v) is 10.7. The van der Waals surface area contributed by atoms with Crippen molar-refractivity contribution in [1.82, 2.24) is 19.8 Å². The molecule has 0 saturated carbocycles. The van der Waals surface area contributed by atoms with Gasteiger partial charge in [-0.15, -0.1) is 0 Å². The molecule has 0 unspecified atom stereocenters. The van der Waals surface area contributed by atoms with Crippen LogP contribution in [0.25, 0.3) is 0 Å². The van der Waals surface area contributed by atoms with E-state index >= 15 is 0 Å². The molecule has 0 N–H and O–H groups in total. The molecule has 0 bridgehead atoms. The minimum Gasteiger partial charge on any atom is -0.494 e. The first-order valence-electron chi connectivity index (χ1n) is 10.7. The van der Waals surface area contributed by atoms with Gasteiger partial charge in [0.1, 0.15) is 11.6 Å². The van der Waals surface area contributed by atoms with Gasteiger partial charge in [0, 0.05) is 44.7 Å². The summed E-state index contributed by atoms with van der Waals surface area (Å²) in [5, 5.41) is 0. The molecule has 0 aliphatic carbocycles. The predicted octanol–water partition coefficient (Wildman–Crippen LogP) is 3.51. The van der Waals surface area contributed by atoms with Crippen LogP contribution in [0.1, 0.15) is 61.8 Å². The number of rotatable bonds is 5. The molecule has 6 heteroatoms. The van der Waals surface area contributed by atoms with E-state index in [1.807, 2.05) is 30.2 Å². The molecular weight excluding hydrogens is 364 g/mol. The van der Waals surface area contributed by atoms with Gasteiger partial charge in [0.15, 0.2) is 0 Å². The third kappa shape index (κ3) is 4.58. The molecule has 1 fully saturated rings. The van der Waals surface area contributed by atoms with E-state index in [4.69, 9.17) is 14.7 Å². The van der Waals surface area contributed by atoms with Gasteiger partial charge < -0.3 is 9.64 Å².